The summed E-state index contributed by atoms with van der Waals surface area (Å²) in [5.74, 6) is -0.0217. The quantitative estimate of drug-likeness (QED) is 0.817. The predicted molar refractivity (Wildman–Crippen MR) is 75.7 cm³/mol. The third kappa shape index (κ3) is 4.66. The van der Waals surface area contributed by atoms with Crippen LogP contribution in [0.2, 0.25) is 5.02 Å². The number of nitrogens with one attached hydrogen (secondary N) is 2. The highest BCUT2D eigenvalue weighted by molar-refractivity contribution is 9.10. The van der Waals surface area contributed by atoms with Gasteiger partial charge in [0.05, 0.1) is 5.69 Å². The second-order valence-corrected chi connectivity index (χ2v) is 4.99. The Balaban J connectivity index is 2.62. The number of amides is 1. The van der Waals surface area contributed by atoms with Gasteiger partial charge in [-0.2, -0.15) is 0 Å². The standard InChI is InChI=1S/C12H16BrClN2O/c1-3-15-5-4-12(17)16-11-7-10(14)8(2)6-9(11)13/h6-7,15H,3-5H2,1-2H3,(H,16,17). The maximum Gasteiger partial charge on any atom is 0.225 e. The lowest BCUT2D eigenvalue weighted by Crippen LogP contribution is -2.21. The number of anilines is 1. The lowest BCUT2D eigenvalue weighted by atomic mass is 10.2. The van der Waals surface area contributed by atoms with Crippen LogP contribution in [0.4, 0.5) is 5.69 Å². The van der Waals surface area contributed by atoms with Crippen LogP contribution in [0.1, 0.15) is 18.9 Å². The molecule has 0 saturated carbocycles. The highest BCUT2D eigenvalue weighted by Gasteiger charge is 2.07. The minimum Gasteiger partial charge on any atom is -0.325 e. The molecule has 0 aliphatic heterocycles. The maximum atomic E-state index is 11.6. The summed E-state index contributed by atoms with van der Waals surface area (Å²) >= 11 is 9.41. The lowest BCUT2D eigenvalue weighted by molar-refractivity contribution is -0.116. The molecule has 5 heteroatoms. The van der Waals surface area contributed by atoms with E-state index in [-0.39, 0.29) is 5.91 Å². The molecule has 0 saturated heterocycles. The summed E-state index contributed by atoms with van der Waals surface area (Å²) in [5, 5.41) is 6.58. The molecule has 0 heterocycles. The first-order valence-electron chi connectivity index (χ1n) is 5.50. The fourth-order valence-electron chi connectivity index (χ4n) is 1.33. The number of carbonyl (C=O) groups excluding carboxylic acids is 1. The largest absolute Gasteiger partial charge is 0.325 e. The lowest BCUT2D eigenvalue weighted by Gasteiger charge is -2.09. The van der Waals surface area contributed by atoms with Crippen molar-refractivity contribution < 1.29 is 4.79 Å². The Kier molecular flexibility index (Phi) is 5.95. The molecule has 0 radical (unpaired) electrons. The number of aryl methyl sites for hydroxylation is 1. The molecule has 0 aromatic heterocycles. The molecule has 0 unspecified atom stereocenters. The van der Waals surface area contributed by atoms with Gasteiger partial charge in [-0.15, -0.1) is 0 Å². The smallest absolute Gasteiger partial charge is 0.225 e. The van der Waals surface area contributed by atoms with Gasteiger partial charge in [0.15, 0.2) is 0 Å². The second-order valence-electron chi connectivity index (χ2n) is 3.73. The second kappa shape index (κ2) is 6.99. The summed E-state index contributed by atoms with van der Waals surface area (Å²) in [6.07, 6.45) is 0.450. The van der Waals surface area contributed by atoms with E-state index in [0.29, 0.717) is 23.7 Å². The van der Waals surface area contributed by atoms with Crippen molar-refractivity contribution in [2.24, 2.45) is 0 Å². The summed E-state index contributed by atoms with van der Waals surface area (Å²) in [6.45, 7) is 5.48. The van der Waals surface area contributed by atoms with Crippen LogP contribution >= 0.6 is 27.5 Å². The topological polar surface area (TPSA) is 41.1 Å². The Morgan fingerprint density at radius 3 is 2.82 bits per heavy atom. The van der Waals surface area contributed by atoms with Gasteiger partial charge in [-0.3, -0.25) is 4.79 Å². The summed E-state index contributed by atoms with van der Waals surface area (Å²) in [5.41, 5.74) is 1.69. The van der Waals surface area contributed by atoms with Gasteiger partial charge in [-0.1, -0.05) is 18.5 Å². The van der Waals surface area contributed by atoms with E-state index in [0.717, 1.165) is 16.6 Å². The van der Waals surface area contributed by atoms with Gasteiger partial charge >= 0.3 is 0 Å². The zero-order chi connectivity index (χ0) is 12.8. The van der Waals surface area contributed by atoms with E-state index in [9.17, 15) is 4.79 Å². The van der Waals surface area contributed by atoms with Gasteiger partial charge < -0.3 is 10.6 Å². The Morgan fingerprint density at radius 1 is 1.47 bits per heavy atom. The molecule has 3 nitrogen and oxygen atoms in total. The predicted octanol–water partition coefficient (Wildman–Crippen LogP) is 3.35. The van der Waals surface area contributed by atoms with E-state index in [2.05, 4.69) is 26.6 Å². The van der Waals surface area contributed by atoms with Gasteiger partial charge in [0, 0.05) is 22.5 Å². The summed E-state index contributed by atoms with van der Waals surface area (Å²) < 4.78 is 0.844. The van der Waals surface area contributed by atoms with E-state index in [1.807, 2.05) is 19.9 Å². The molecule has 0 aliphatic carbocycles. The summed E-state index contributed by atoms with van der Waals surface area (Å²) in [6, 6.07) is 3.65. The van der Waals surface area contributed by atoms with Crippen molar-refractivity contribution in [2.75, 3.05) is 18.4 Å². The van der Waals surface area contributed by atoms with E-state index >= 15 is 0 Å². The van der Waals surface area contributed by atoms with Gasteiger partial charge in [0.2, 0.25) is 5.91 Å². The molecule has 2 N–H and O–H groups in total. The third-order valence-electron chi connectivity index (χ3n) is 2.30. The summed E-state index contributed by atoms with van der Waals surface area (Å²) in [4.78, 5) is 11.6. The molecule has 0 aliphatic rings. The van der Waals surface area contributed by atoms with Gasteiger partial charge in [0.25, 0.3) is 0 Å². The van der Waals surface area contributed by atoms with E-state index in [4.69, 9.17) is 11.6 Å². The van der Waals surface area contributed by atoms with E-state index in [1.165, 1.54) is 0 Å². The van der Waals surface area contributed by atoms with Crippen molar-refractivity contribution in [3.63, 3.8) is 0 Å². The van der Waals surface area contributed by atoms with Crippen molar-refractivity contribution in [1.82, 2.24) is 5.32 Å². The molecular weight excluding hydrogens is 304 g/mol. The Morgan fingerprint density at radius 2 is 2.18 bits per heavy atom. The molecule has 17 heavy (non-hydrogen) atoms. The van der Waals surface area contributed by atoms with Crippen molar-refractivity contribution in [3.05, 3.63) is 27.2 Å². The first kappa shape index (κ1) is 14.5. The first-order chi connectivity index (χ1) is 8.04. The highest BCUT2D eigenvalue weighted by Crippen LogP contribution is 2.29. The SMILES string of the molecule is CCNCCC(=O)Nc1cc(Cl)c(C)cc1Br. The third-order valence-corrected chi connectivity index (χ3v) is 3.36. The maximum absolute atomic E-state index is 11.6. The summed E-state index contributed by atoms with van der Waals surface area (Å²) in [7, 11) is 0. The van der Waals surface area contributed by atoms with Crippen LogP contribution in [0.3, 0.4) is 0 Å². The molecular formula is C12H16BrClN2O. The van der Waals surface area contributed by atoms with Crippen LogP contribution < -0.4 is 10.6 Å². The normalized spacial score (nSPS) is 10.4. The molecule has 1 rings (SSSR count). The zero-order valence-corrected chi connectivity index (χ0v) is 12.3. The van der Waals surface area contributed by atoms with E-state index < -0.39 is 0 Å². The number of rotatable bonds is 5. The van der Waals surface area contributed by atoms with Crippen molar-refractivity contribution >= 4 is 39.1 Å². The van der Waals surface area contributed by atoms with Gasteiger partial charge in [-0.25, -0.2) is 0 Å². The fraction of sp³-hybridized carbons (Fsp3) is 0.417. The molecule has 1 amide bonds. The molecule has 1 aromatic carbocycles. The van der Waals surface area contributed by atoms with Gasteiger partial charge in [-0.05, 0) is 47.1 Å². The molecule has 0 spiro atoms. The minimum atomic E-state index is -0.0217. The van der Waals surface area contributed by atoms with Crippen LogP contribution in [0.5, 0.6) is 0 Å². The molecule has 1 aromatic rings. The number of halogens is 2. The highest BCUT2D eigenvalue weighted by atomic mass is 79.9. The van der Waals surface area contributed by atoms with Crippen LogP contribution in [-0.2, 0) is 4.79 Å². The monoisotopic (exact) mass is 318 g/mol. The van der Waals surface area contributed by atoms with Crippen LogP contribution in [0, 0.1) is 6.92 Å². The molecule has 0 bridgehead atoms. The Bertz CT molecular complexity index is 410. The fourth-order valence-corrected chi connectivity index (χ4v) is 2.05. The van der Waals surface area contributed by atoms with Crippen LogP contribution in [-0.4, -0.2) is 19.0 Å². The number of benzene rings is 1. The average molecular weight is 320 g/mol. The molecule has 94 valence electrons. The number of carbonyl (C=O) groups is 1. The minimum absolute atomic E-state index is 0.0217. The van der Waals surface area contributed by atoms with Crippen molar-refractivity contribution in [1.29, 1.82) is 0 Å². The zero-order valence-electron chi connectivity index (χ0n) is 9.94. The van der Waals surface area contributed by atoms with Gasteiger partial charge in [0.1, 0.15) is 0 Å². The van der Waals surface area contributed by atoms with Crippen LogP contribution in [0.25, 0.3) is 0 Å². The Hall–Kier alpha value is -0.580. The van der Waals surface area contributed by atoms with E-state index in [1.54, 1.807) is 6.07 Å². The van der Waals surface area contributed by atoms with Crippen molar-refractivity contribution in [3.8, 4) is 0 Å². The van der Waals surface area contributed by atoms with Crippen LogP contribution in [0.15, 0.2) is 16.6 Å². The first-order valence-corrected chi connectivity index (χ1v) is 6.68. The molecule has 0 fully saturated rings. The van der Waals surface area contributed by atoms with Crippen molar-refractivity contribution in [2.45, 2.75) is 20.3 Å². The average Bonchev–Trinajstić information content (AvgIpc) is 2.26. The number of hydrogen-bond donors (Lipinski definition) is 2. The Labute approximate surface area is 115 Å². The molecule has 0 atom stereocenters. The number of hydrogen-bond acceptors (Lipinski definition) is 2.